The van der Waals surface area contributed by atoms with Crippen LogP contribution in [0.2, 0.25) is 0 Å². The van der Waals surface area contributed by atoms with Crippen molar-refractivity contribution in [3.63, 3.8) is 0 Å². The average Bonchev–Trinajstić information content (AvgIpc) is 2.25. The quantitative estimate of drug-likeness (QED) is 0.815. The average molecular weight is 236 g/mol. The van der Waals surface area contributed by atoms with Gasteiger partial charge in [-0.2, -0.15) is 0 Å². The van der Waals surface area contributed by atoms with Gasteiger partial charge in [0.05, 0.1) is 11.7 Å². The van der Waals surface area contributed by atoms with Gasteiger partial charge in [0.2, 0.25) is 0 Å². The third-order valence-electron chi connectivity index (χ3n) is 2.49. The maximum absolute atomic E-state index is 11.8. The molecule has 2 N–H and O–H groups in total. The number of rotatable bonds is 5. The van der Waals surface area contributed by atoms with Crippen LogP contribution in [-0.2, 0) is 0 Å². The van der Waals surface area contributed by atoms with Gasteiger partial charge in [-0.3, -0.25) is 9.78 Å². The van der Waals surface area contributed by atoms with E-state index < -0.39 is 6.10 Å². The zero-order valence-electron chi connectivity index (χ0n) is 10.6. The molecule has 4 heteroatoms. The molecule has 1 aromatic rings. The molecule has 0 aromatic carbocycles. The minimum Gasteiger partial charge on any atom is -0.391 e. The minimum absolute atomic E-state index is 0.182. The van der Waals surface area contributed by atoms with E-state index in [4.69, 9.17) is 0 Å². The molecule has 0 spiro atoms. The Kier molecular flexibility index (Phi) is 5.10. The predicted octanol–water partition coefficient (Wildman–Crippen LogP) is 1.53. The summed E-state index contributed by atoms with van der Waals surface area (Å²) in [6.07, 6.45) is 1.85. The molecule has 1 rings (SSSR count). The topological polar surface area (TPSA) is 62.2 Å². The lowest BCUT2D eigenvalue weighted by molar-refractivity contribution is 0.0899. The normalized spacial score (nSPS) is 12.5. The lowest BCUT2D eigenvalue weighted by Gasteiger charge is -2.14. The molecule has 0 aliphatic carbocycles. The maximum Gasteiger partial charge on any atom is 0.253 e. The summed E-state index contributed by atoms with van der Waals surface area (Å²) in [7, 11) is 0. The van der Waals surface area contributed by atoms with Crippen LogP contribution in [0.25, 0.3) is 0 Å². The van der Waals surface area contributed by atoms with Crippen molar-refractivity contribution >= 4 is 5.91 Å². The van der Waals surface area contributed by atoms with Gasteiger partial charge >= 0.3 is 0 Å². The van der Waals surface area contributed by atoms with Gasteiger partial charge in [-0.25, -0.2) is 0 Å². The highest BCUT2D eigenvalue weighted by Gasteiger charge is 2.12. The third-order valence-corrected chi connectivity index (χ3v) is 2.49. The molecule has 0 saturated heterocycles. The van der Waals surface area contributed by atoms with E-state index in [0.29, 0.717) is 23.6 Å². The Balaban J connectivity index is 2.48. The van der Waals surface area contributed by atoms with Crippen molar-refractivity contribution in [3.05, 3.63) is 29.6 Å². The summed E-state index contributed by atoms with van der Waals surface area (Å²) in [5.41, 5.74) is 1.26. The van der Waals surface area contributed by atoms with Gasteiger partial charge in [0.15, 0.2) is 0 Å². The molecular weight excluding hydrogens is 216 g/mol. The molecule has 0 aliphatic rings. The summed E-state index contributed by atoms with van der Waals surface area (Å²) < 4.78 is 0. The Morgan fingerprint density at radius 1 is 1.53 bits per heavy atom. The smallest absolute Gasteiger partial charge is 0.253 e. The first kappa shape index (κ1) is 13.6. The molecule has 0 fully saturated rings. The number of nitrogens with zero attached hydrogens (tertiary/aromatic N) is 1. The lowest BCUT2D eigenvalue weighted by Crippen LogP contribution is -2.33. The van der Waals surface area contributed by atoms with Crippen LogP contribution in [0.4, 0.5) is 0 Å². The molecule has 0 radical (unpaired) electrons. The molecular formula is C13H20N2O2. The Morgan fingerprint density at radius 2 is 2.24 bits per heavy atom. The van der Waals surface area contributed by atoms with Crippen molar-refractivity contribution < 1.29 is 9.90 Å². The Morgan fingerprint density at radius 3 is 2.82 bits per heavy atom. The summed E-state index contributed by atoms with van der Waals surface area (Å²) in [5, 5.41) is 12.4. The second-order valence-electron chi connectivity index (χ2n) is 4.63. The number of hydrogen-bond acceptors (Lipinski definition) is 3. The van der Waals surface area contributed by atoms with Gasteiger partial charge in [0.1, 0.15) is 0 Å². The highest BCUT2D eigenvalue weighted by Crippen LogP contribution is 2.05. The molecule has 0 saturated carbocycles. The van der Waals surface area contributed by atoms with Crippen LogP contribution in [0.15, 0.2) is 18.3 Å². The summed E-state index contributed by atoms with van der Waals surface area (Å²) in [6, 6.07) is 3.46. The number of aliphatic hydroxyl groups is 1. The molecule has 0 bridgehead atoms. The van der Waals surface area contributed by atoms with Crippen molar-refractivity contribution in [1.29, 1.82) is 0 Å². The van der Waals surface area contributed by atoms with E-state index in [1.165, 1.54) is 0 Å². The molecule has 1 amide bonds. The first-order valence-electron chi connectivity index (χ1n) is 5.88. The number of nitrogens with one attached hydrogen (secondary N) is 1. The van der Waals surface area contributed by atoms with E-state index >= 15 is 0 Å². The summed E-state index contributed by atoms with van der Waals surface area (Å²) in [4.78, 5) is 15.8. The first-order chi connectivity index (χ1) is 8.00. The number of aliphatic hydroxyl groups excluding tert-OH is 1. The van der Waals surface area contributed by atoms with Gasteiger partial charge in [0.25, 0.3) is 5.91 Å². The third kappa shape index (κ3) is 4.53. The van der Waals surface area contributed by atoms with E-state index in [1.807, 2.05) is 13.8 Å². The van der Waals surface area contributed by atoms with E-state index in [1.54, 1.807) is 25.3 Å². The molecule has 1 atom stereocenters. The molecule has 94 valence electrons. The molecule has 4 nitrogen and oxygen atoms in total. The Labute approximate surface area is 102 Å². The Hall–Kier alpha value is -1.42. The molecule has 1 aromatic heterocycles. The van der Waals surface area contributed by atoms with Crippen molar-refractivity contribution in [2.24, 2.45) is 5.92 Å². The van der Waals surface area contributed by atoms with Crippen LogP contribution in [0, 0.1) is 12.8 Å². The summed E-state index contributed by atoms with van der Waals surface area (Å²) in [5.74, 6) is 0.237. The molecule has 1 unspecified atom stereocenters. The number of hydrogen-bond donors (Lipinski definition) is 2. The Bertz CT molecular complexity index is 377. The maximum atomic E-state index is 11.8. The van der Waals surface area contributed by atoms with E-state index in [2.05, 4.69) is 10.3 Å². The summed E-state index contributed by atoms with van der Waals surface area (Å²) in [6.45, 7) is 6.15. The van der Waals surface area contributed by atoms with Crippen molar-refractivity contribution in [2.45, 2.75) is 33.3 Å². The minimum atomic E-state index is -0.490. The van der Waals surface area contributed by atoms with Crippen LogP contribution >= 0.6 is 0 Å². The number of aromatic nitrogens is 1. The van der Waals surface area contributed by atoms with Crippen LogP contribution in [-0.4, -0.2) is 28.6 Å². The second-order valence-corrected chi connectivity index (χ2v) is 4.63. The number of carbonyl (C=O) groups is 1. The molecule has 0 aliphatic heterocycles. The van der Waals surface area contributed by atoms with Gasteiger partial charge < -0.3 is 10.4 Å². The van der Waals surface area contributed by atoms with Gasteiger partial charge in [0, 0.05) is 18.4 Å². The van der Waals surface area contributed by atoms with Crippen molar-refractivity contribution in [1.82, 2.24) is 10.3 Å². The zero-order valence-corrected chi connectivity index (χ0v) is 10.6. The largest absolute Gasteiger partial charge is 0.391 e. The zero-order chi connectivity index (χ0) is 12.8. The fourth-order valence-electron chi connectivity index (χ4n) is 1.66. The van der Waals surface area contributed by atoms with Crippen LogP contribution in [0.3, 0.4) is 0 Å². The predicted molar refractivity (Wildman–Crippen MR) is 66.8 cm³/mol. The molecule has 1 heterocycles. The monoisotopic (exact) mass is 236 g/mol. The summed E-state index contributed by atoms with van der Waals surface area (Å²) >= 11 is 0. The van der Waals surface area contributed by atoms with Crippen LogP contribution in [0.1, 0.15) is 36.3 Å². The van der Waals surface area contributed by atoms with E-state index in [0.717, 1.165) is 0 Å². The highest BCUT2D eigenvalue weighted by atomic mass is 16.3. The van der Waals surface area contributed by atoms with Gasteiger partial charge in [-0.15, -0.1) is 0 Å². The van der Waals surface area contributed by atoms with Gasteiger partial charge in [-0.05, 0) is 31.4 Å². The van der Waals surface area contributed by atoms with E-state index in [-0.39, 0.29) is 12.5 Å². The van der Waals surface area contributed by atoms with Crippen LogP contribution in [0.5, 0.6) is 0 Å². The van der Waals surface area contributed by atoms with Gasteiger partial charge in [-0.1, -0.05) is 13.8 Å². The fourth-order valence-corrected chi connectivity index (χ4v) is 1.66. The fraction of sp³-hybridized carbons (Fsp3) is 0.538. The number of pyridine rings is 1. The number of carbonyl (C=O) groups excluding carboxylic acids is 1. The highest BCUT2D eigenvalue weighted by molar-refractivity contribution is 5.95. The van der Waals surface area contributed by atoms with Crippen molar-refractivity contribution in [2.75, 3.05) is 6.54 Å². The number of aryl methyl sites for hydroxylation is 1. The lowest BCUT2D eigenvalue weighted by atomic mass is 10.1. The number of amides is 1. The molecule has 17 heavy (non-hydrogen) atoms. The second kappa shape index (κ2) is 6.35. The standard InChI is InChI=1S/C13H20N2O2/c1-9(2)7-11(16)8-15-13(17)12-5-4-6-14-10(12)3/h4-6,9,11,16H,7-8H2,1-3H3,(H,15,17). The first-order valence-corrected chi connectivity index (χ1v) is 5.88. The SMILES string of the molecule is Cc1ncccc1C(=O)NCC(O)CC(C)C. The van der Waals surface area contributed by atoms with Crippen molar-refractivity contribution in [3.8, 4) is 0 Å². The van der Waals surface area contributed by atoms with E-state index in [9.17, 15) is 9.90 Å². The van der Waals surface area contributed by atoms with Crippen LogP contribution < -0.4 is 5.32 Å².